The molecule has 5 nitrogen and oxygen atoms in total. The highest BCUT2D eigenvalue weighted by atomic mass is 16.5. The predicted molar refractivity (Wildman–Crippen MR) is 176 cm³/mol. The van der Waals surface area contributed by atoms with Gasteiger partial charge in [0.2, 0.25) is 0 Å². The third-order valence-corrected chi connectivity index (χ3v) is 10.8. The van der Waals surface area contributed by atoms with Crippen LogP contribution in [0, 0.1) is 23.7 Å². The first-order valence-electron chi connectivity index (χ1n) is 17.2. The minimum absolute atomic E-state index is 0.0000491. The van der Waals surface area contributed by atoms with Crippen LogP contribution in [0.15, 0.2) is 85.1 Å². The molecule has 43 heavy (non-hydrogen) atoms. The van der Waals surface area contributed by atoms with E-state index in [0.29, 0.717) is 30.3 Å². The van der Waals surface area contributed by atoms with E-state index >= 15 is 0 Å². The first-order chi connectivity index (χ1) is 21.9. The van der Waals surface area contributed by atoms with Crippen molar-refractivity contribution in [3.8, 4) is 17.3 Å². The zero-order chi connectivity index (χ0) is 32.1. The Bertz CT molecular complexity index is 1960. The number of aromatic nitrogens is 2. The van der Waals surface area contributed by atoms with Crippen LogP contribution in [-0.4, -0.2) is 40.2 Å². The number of benzene rings is 3. The Morgan fingerprint density at radius 3 is 2.40 bits per heavy atom. The van der Waals surface area contributed by atoms with E-state index in [4.69, 9.17) is 13.8 Å². The Morgan fingerprint density at radius 1 is 0.814 bits per heavy atom. The van der Waals surface area contributed by atoms with Crippen LogP contribution in [0.25, 0.3) is 27.6 Å². The Kier molecular flexibility index (Phi) is 5.26. The zero-order valence-corrected chi connectivity index (χ0v) is 25.7. The number of hydrogen-bond donors (Lipinski definition) is 0. The fourth-order valence-electron chi connectivity index (χ4n) is 8.50. The summed E-state index contributed by atoms with van der Waals surface area (Å²) >= 11 is 0. The number of likely N-dealkylation sites (N-methyl/N-ethyl adjacent to an activating group) is 1. The van der Waals surface area contributed by atoms with E-state index < -0.39 is 6.98 Å². The van der Waals surface area contributed by atoms with E-state index in [1.54, 1.807) is 4.90 Å². The van der Waals surface area contributed by atoms with Crippen LogP contribution in [0.5, 0.6) is 11.5 Å². The van der Waals surface area contributed by atoms with Gasteiger partial charge in [0.05, 0.1) is 17.7 Å². The molecule has 2 saturated carbocycles. The molecule has 0 radical (unpaired) electrons. The first-order valence-corrected chi connectivity index (χ1v) is 15.7. The van der Waals surface area contributed by atoms with Gasteiger partial charge in [-0.3, -0.25) is 9.47 Å². The van der Waals surface area contributed by atoms with Crippen LogP contribution < -0.4 is 9.64 Å². The Labute approximate surface area is 259 Å². The molecule has 0 N–H and O–H groups in total. The van der Waals surface area contributed by atoms with E-state index in [-0.39, 0.29) is 17.5 Å². The molecule has 2 aromatic heterocycles. The fraction of sp³-hybridized carbons (Fsp3) is 0.395. The fourth-order valence-corrected chi connectivity index (χ4v) is 8.50. The van der Waals surface area contributed by atoms with Gasteiger partial charge < -0.3 is 9.64 Å². The number of nitrogens with zero attached hydrogens (tertiary/aromatic N) is 4. The first kappa shape index (κ1) is 23.6. The number of para-hydroxylation sites is 1. The molecule has 3 heterocycles. The van der Waals surface area contributed by atoms with Gasteiger partial charge in [0, 0.05) is 51.0 Å². The van der Waals surface area contributed by atoms with Gasteiger partial charge >= 0.3 is 0 Å². The van der Waals surface area contributed by atoms with Gasteiger partial charge in [0.1, 0.15) is 17.3 Å². The summed E-state index contributed by atoms with van der Waals surface area (Å²) in [6.07, 6.45) is 3.01. The largest absolute Gasteiger partial charge is 0.457 e. The van der Waals surface area contributed by atoms with Crippen molar-refractivity contribution in [2.45, 2.75) is 58.5 Å². The van der Waals surface area contributed by atoms with Crippen molar-refractivity contribution < 1.29 is 8.85 Å². The Hall–Kier alpha value is -3.83. The van der Waals surface area contributed by atoms with Crippen LogP contribution >= 0.6 is 0 Å². The summed E-state index contributed by atoms with van der Waals surface area (Å²) in [6.45, 7) is 9.63. The van der Waals surface area contributed by atoms with Crippen LogP contribution in [0.4, 0.5) is 5.69 Å². The van der Waals surface area contributed by atoms with Gasteiger partial charge in [0.15, 0.2) is 0 Å². The maximum atomic E-state index is 8.35. The van der Waals surface area contributed by atoms with Gasteiger partial charge in [0.25, 0.3) is 0 Å². The standard InChI is InChI=1S/C38H42N4O/c1-23-24(2)32-21-31(23)36-37(32)41(22-40(36)6)26-10-9-11-27(19-26)43-28-14-15-30-29-12-7-8-13-33(29)42(34(30)20-28)35-18-25(16-17-39-35)38(3,4)5/h7-20,23-24,31-32,36-37H,21-22H2,1-6H3/t23?,24?,31?,32-,36?,37-/m0/s1/i6D3. The summed E-state index contributed by atoms with van der Waals surface area (Å²) in [5.74, 6) is 4.41. The summed E-state index contributed by atoms with van der Waals surface area (Å²) in [6, 6.07) is 27.5. The maximum Gasteiger partial charge on any atom is 0.137 e. The van der Waals surface area contributed by atoms with Crippen molar-refractivity contribution in [3.05, 3.63) is 90.6 Å². The number of hydrogen-bond acceptors (Lipinski definition) is 4. The van der Waals surface area contributed by atoms with Crippen LogP contribution in [-0.2, 0) is 5.41 Å². The number of pyridine rings is 1. The average molecular weight is 574 g/mol. The second-order valence-electron chi connectivity index (χ2n) is 14.1. The highest BCUT2D eigenvalue weighted by Gasteiger charge is 2.60. The molecule has 220 valence electrons. The minimum atomic E-state index is -2.12. The minimum Gasteiger partial charge on any atom is -0.457 e. The molecule has 4 unspecified atom stereocenters. The summed E-state index contributed by atoms with van der Waals surface area (Å²) in [7, 11) is 0. The van der Waals surface area contributed by atoms with Crippen LogP contribution in [0.3, 0.4) is 0 Å². The summed E-state index contributed by atoms with van der Waals surface area (Å²) < 4.78 is 33.8. The smallest absolute Gasteiger partial charge is 0.137 e. The van der Waals surface area contributed by atoms with Gasteiger partial charge in [-0.15, -0.1) is 0 Å². The predicted octanol–water partition coefficient (Wildman–Crippen LogP) is 8.64. The maximum absolute atomic E-state index is 8.35. The van der Waals surface area contributed by atoms with Crippen molar-refractivity contribution in [1.29, 1.82) is 0 Å². The quantitative estimate of drug-likeness (QED) is 0.215. The van der Waals surface area contributed by atoms with Crippen LogP contribution in [0.2, 0.25) is 0 Å². The molecule has 3 aromatic carbocycles. The summed E-state index contributed by atoms with van der Waals surface area (Å²) in [5, 5.41) is 2.32. The molecule has 2 aliphatic carbocycles. The molecule has 3 fully saturated rings. The van der Waals surface area contributed by atoms with Crippen molar-refractivity contribution in [2.75, 3.05) is 18.5 Å². The lowest BCUT2D eigenvalue weighted by atomic mass is 9.76. The Morgan fingerprint density at radius 2 is 1.58 bits per heavy atom. The summed E-state index contributed by atoms with van der Waals surface area (Å²) in [5.41, 5.74) is 4.39. The molecule has 0 amide bonds. The van der Waals surface area contributed by atoms with Crippen molar-refractivity contribution in [2.24, 2.45) is 23.7 Å². The molecule has 5 heteroatoms. The van der Waals surface area contributed by atoms with Crippen molar-refractivity contribution >= 4 is 27.5 Å². The van der Waals surface area contributed by atoms with E-state index in [9.17, 15) is 0 Å². The molecule has 1 saturated heterocycles. The van der Waals surface area contributed by atoms with E-state index in [0.717, 1.165) is 45.8 Å². The van der Waals surface area contributed by atoms with Crippen LogP contribution in [0.1, 0.15) is 50.7 Å². The van der Waals surface area contributed by atoms with E-state index in [1.165, 1.54) is 10.9 Å². The number of fused-ring (bicyclic) bond motifs is 8. The lowest BCUT2D eigenvalue weighted by molar-refractivity contribution is 0.148. The lowest BCUT2D eigenvalue weighted by Crippen LogP contribution is -2.46. The molecule has 2 bridgehead atoms. The molecular formula is C38H42N4O. The zero-order valence-electron chi connectivity index (χ0n) is 28.7. The van der Waals surface area contributed by atoms with Crippen molar-refractivity contribution in [3.63, 3.8) is 0 Å². The third-order valence-electron chi connectivity index (χ3n) is 10.8. The normalized spacial score (nSPS) is 28.3. The third kappa shape index (κ3) is 4.11. The molecule has 1 aliphatic heterocycles. The molecular weight excluding hydrogens is 528 g/mol. The Balaban J connectivity index is 1.16. The van der Waals surface area contributed by atoms with E-state index in [2.05, 4.69) is 105 Å². The van der Waals surface area contributed by atoms with Gasteiger partial charge in [-0.25, -0.2) is 4.98 Å². The average Bonchev–Trinajstić information content (AvgIpc) is 3.75. The molecule has 6 atom stereocenters. The molecule has 8 rings (SSSR count). The number of rotatable bonds is 4. The molecule has 5 aromatic rings. The lowest BCUT2D eigenvalue weighted by Gasteiger charge is -2.39. The highest BCUT2D eigenvalue weighted by molar-refractivity contribution is 6.09. The second kappa shape index (κ2) is 9.59. The topological polar surface area (TPSA) is 33.5 Å². The second-order valence-corrected chi connectivity index (χ2v) is 14.1. The molecule has 3 aliphatic rings. The SMILES string of the molecule is [2H]C([2H])([2H])N1CN(c2cccc(Oc3ccc4c5ccccc5n(-c5cc(C(C)(C)C)ccn5)c4c3)c2)[C@@H]2C1C1C[C@H]2C(C)C1C. The molecule has 0 spiro atoms. The van der Waals surface area contributed by atoms with Gasteiger partial charge in [-0.2, -0.15) is 0 Å². The monoisotopic (exact) mass is 573 g/mol. The summed E-state index contributed by atoms with van der Waals surface area (Å²) in [4.78, 5) is 8.94. The number of ether oxygens (including phenoxy) is 1. The highest BCUT2D eigenvalue weighted by Crippen LogP contribution is 2.57. The van der Waals surface area contributed by atoms with Crippen molar-refractivity contribution in [1.82, 2.24) is 14.5 Å². The van der Waals surface area contributed by atoms with Gasteiger partial charge in [-0.1, -0.05) is 58.9 Å². The van der Waals surface area contributed by atoms with E-state index in [1.807, 2.05) is 24.4 Å². The van der Waals surface area contributed by atoms with Gasteiger partial charge in [-0.05, 0) is 90.5 Å². The number of anilines is 1.